The maximum Gasteiger partial charge on any atom is 0.212 e. The van der Waals surface area contributed by atoms with E-state index >= 15 is 0 Å². The van der Waals surface area contributed by atoms with Crippen LogP contribution >= 0.6 is 0 Å². The molecule has 0 spiro atoms. The number of halogens is 1. The molecule has 3 aliphatic rings. The van der Waals surface area contributed by atoms with E-state index in [9.17, 15) is 4.39 Å². The molecule has 0 saturated heterocycles. The summed E-state index contributed by atoms with van der Waals surface area (Å²) in [5, 5.41) is 0. The maximum atomic E-state index is 13.2. The van der Waals surface area contributed by atoms with Crippen molar-refractivity contribution in [2.24, 2.45) is 0 Å². The fourth-order valence-corrected chi connectivity index (χ4v) is 5.06. The fourth-order valence-electron chi connectivity index (χ4n) is 5.06. The highest BCUT2D eigenvalue weighted by atomic mass is 19.1. The zero-order valence-electron chi connectivity index (χ0n) is 15.3. The van der Waals surface area contributed by atoms with Crippen molar-refractivity contribution in [1.29, 1.82) is 0 Å². The molecule has 0 unspecified atom stereocenters. The van der Waals surface area contributed by atoms with Gasteiger partial charge in [0.05, 0.1) is 0 Å². The third-order valence-electron chi connectivity index (χ3n) is 6.45. The summed E-state index contributed by atoms with van der Waals surface area (Å²) < 4.78 is 13.2. The molecule has 3 aliphatic carbocycles. The number of hydrogen-bond donors (Lipinski definition) is 0. The highest BCUT2D eigenvalue weighted by Crippen LogP contribution is 2.70. The Kier molecular flexibility index (Phi) is 3.87. The topological polar surface area (TPSA) is 16.1 Å². The molecule has 3 aromatic rings. The Balaban J connectivity index is 1.37. The molecule has 2 nitrogen and oxygen atoms in total. The van der Waals surface area contributed by atoms with Crippen molar-refractivity contribution in [3.8, 4) is 0 Å². The third kappa shape index (κ3) is 2.87. The van der Waals surface area contributed by atoms with E-state index in [2.05, 4.69) is 70.5 Å². The van der Waals surface area contributed by atoms with Crippen LogP contribution in [0.2, 0.25) is 0 Å². The van der Waals surface area contributed by atoms with Crippen molar-refractivity contribution in [2.45, 2.75) is 43.3 Å². The summed E-state index contributed by atoms with van der Waals surface area (Å²) in [5.41, 5.74) is 4.39. The lowest BCUT2D eigenvalue weighted by molar-refractivity contribution is -0.178. The van der Waals surface area contributed by atoms with E-state index in [1.807, 2.05) is 6.07 Å². The van der Waals surface area contributed by atoms with Crippen molar-refractivity contribution < 1.29 is 4.39 Å². The molecule has 0 radical (unpaired) electrons. The van der Waals surface area contributed by atoms with E-state index in [4.69, 9.17) is 0 Å². The van der Waals surface area contributed by atoms with Crippen molar-refractivity contribution in [1.82, 2.24) is 9.88 Å². The van der Waals surface area contributed by atoms with E-state index in [0.717, 1.165) is 32.4 Å². The second-order valence-corrected chi connectivity index (χ2v) is 8.23. The van der Waals surface area contributed by atoms with E-state index < -0.39 is 5.95 Å². The van der Waals surface area contributed by atoms with Crippen LogP contribution in [0.4, 0.5) is 4.39 Å². The van der Waals surface area contributed by atoms with Gasteiger partial charge < -0.3 is 0 Å². The highest BCUT2D eigenvalue weighted by Gasteiger charge is 2.70. The van der Waals surface area contributed by atoms with Crippen LogP contribution < -0.4 is 0 Å². The Hall–Kier alpha value is -2.52. The monoisotopic (exact) mass is 358 g/mol. The largest absolute Gasteiger partial charge is 0.289 e. The van der Waals surface area contributed by atoms with Gasteiger partial charge in [-0.1, -0.05) is 66.7 Å². The van der Waals surface area contributed by atoms with E-state index in [-0.39, 0.29) is 11.0 Å². The minimum absolute atomic E-state index is 0.215. The van der Waals surface area contributed by atoms with Gasteiger partial charge in [0.1, 0.15) is 0 Å². The first-order valence-corrected chi connectivity index (χ1v) is 9.63. The summed E-state index contributed by atoms with van der Waals surface area (Å²) in [5.74, 6) is -0.394. The molecular formula is C24H23FN2. The zero-order chi connectivity index (χ0) is 18.3. The van der Waals surface area contributed by atoms with Crippen LogP contribution in [0.15, 0.2) is 79.0 Å². The van der Waals surface area contributed by atoms with Gasteiger partial charge in [-0.25, -0.2) is 4.98 Å². The molecule has 3 heteroatoms. The van der Waals surface area contributed by atoms with Crippen LogP contribution in [0, 0.1) is 5.95 Å². The lowest BCUT2D eigenvalue weighted by Crippen LogP contribution is -2.76. The summed E-state index contributed by atoms with van der Waals surface area (Å²) in [7, 11) is 0. The predicted octanol–water partition coefficient (Wildman–Crippen LogP) is 5.10. The number of hydrogen-bond acceptors (Lipinski definition) is 2. The molecule has 136 valence electrons. The summed E-state index contributed by atoms with van der Waals surface area (Å²) in [6, 6.07) is 24.9. The number of rotatable bonds is 6. The molecule has 0 amide bonds. The van der Waals surface area contributed by atoms with Crippen LogP contribution in [0.5, 0.6) is 0 Å². The molecular weight excluding hydrogens is 335 g/mol. The summed E-state index contributed by atoms with van der Waals surface area (Å²) in [4.78, 5) is 6.52. The first-order chi connectivity index (χ1) is 13.2. The van der Waals surface area contributed by atoms with Gasteiger partial charge in [0, 0.05) is 30.2 Å². The smallest absolute Gasteiger partial charge is 0.212 e. The number of pyridine rings is 1. The standard InChI is InChI=1S/C24H23FN2/c25-22-12-11-21(13-26-22)23-16-24(17-23,18-23)27(14-19-7-3-1-4-8-19)15-20-9-5-2-6-10-20/h1-13H,14-18H2. The molecule has 3 fully saturated rings. The summed E-state index contributed by atoms with van der Waals surface area (Å²) in [6.45, 7) is 1.93. The van der Waals surface area contributed by atoms with Crippen molar-refractivity contribution in [3.05, 3.63) is 102 Å². The normalized spacial score (nSPS) is 25.7. The quantitative estimate of drug-likeness (QED) is 0.570. The van der Waals surface area contributed by atoms with Crippen LogP contribution in [0.1, 0.15) is 36.0 Å². The van der Waals surface area contributed by atoms with Gasteiger partial charge >= 0.3 is 0 Å². The van der Waals surface area contributed by atoms with Gasteiger partial charge in [-0.2, -0.15) is 4.39 Å². The average Bonchev–Trinajstić information content (AvgIpc) is 2.63. The van der Waals surface area contributed by atoms with Gasteiger partial charge in [0.15, 0.2) is 0 Å². The maximum absolute atomic E-state index is 13.2. The second kappa shape index (κ2) is 6.28. The second-order valence-electron chi connectivity index (χ2n) is 8.23. The minimum atomic E-state index is -0.394. The Morgan fingerprint density at radius 3 is 1.81 bits per heavy atom. The molecule has 1 aromatic heterocycles. The summed E-state index contributed by atoms with van der Waals surface area (Å²) >= 11 is 0. The van der Waals surface area contributed by atoms with Crippen molar-refractivity contribution in [3.63, 3.8) is 0 Å². The van der Waals surface area contributed by atoms with Crippen LogP contribution in [0.3, 0.4) is 0 Å². The highest BCUT2D eigenvalue weighted by molar-refractivity contribution is 5.41. The third-order valence-corrected chi connectivity index (χ3v) is 6.45. The Morgan fingerprint density at radius 1 is 0.778 bits per heavy atom. The molecule has 27 heavy (non-hydrogen) atoms. The summed E-state index contributed by atoms with van der Waals surface area (Å²) in [6.07, 6.45) is 5.17. The Labute approximate surface area is 159 Å². The molecule has 0 atom stereocenters. The molecule has 6 rings (SSSR count). The predicted molar refractivity (Wildman–Crippen MR) is 105 cm³/mol. The van der Waals surface area contributed by atoms with Gasteiger partial charge in [-0.15, -0.1) is 0 Å². The van der Waals surface area contributed by atoms with Gasteiger partial charge in [-0.05, 0) is 42.0 Å². The SMILES string of the molecule is Fc1ccc(C23CC(N(Cc4ccccc4)Cc4ccccc4)(C2)C3)cn1. The van der Waals surface area contributed by atoms with Crippen LogP contribution in [-0.4, -0.2) is 15.4 Å². The first-order valence-electron chi connectivity index (χ1n) is 9.63. The number of aromatic nitrogens is 1. The lowest BCUT2D eigenvalue weighted by Gasteiger charge is -2.74. The van der Waals surface area contributed by atoms with E-state index in [0.29, 0.717) is 0 Å². The Bertz CT molecular complexity index is 860. The van der Waals surface area contributed by atoms with Crippen molar-refractivity contribution >= 4 is 0 Å². The molecule has 0 N–H and O–H groups in total. The minimum Gasteiger partial charge on any atom is -0.289 e. The molecule has 0 aliphatic heterocycles. The van der Waals surface area contributed by atoms with E-state index in [1.54, 1.807) is 6.20 Å². The number of nitrogens with zero attached hydrogens (tertiary/aromatic N) is 2. The number of benzene rings is 2. The Morgan fingerprint density at radius 2 is 1.33 bits per heavy atom. The average molecular weight is 358 g/mol. The molecule has 1 heterocycles. The zero-order valence-corrected chi connectivity index (χ0v) is 15.3. The van der Waals surface area contributed by atoms with Gasteiger partial charge in [-0.3, -0.25) is 4.90 Å². The van der Waals surface area contributed by atoms with Gasteiger partial charge in [0.2, 0.25) is 5.95 Å². The van der Waals surface area contributed by atoms with Crippen LogP contribution in [-0.2, 0) is 18.5 Å². The first kappa shape index (κ1) is 16.6. The van der Waals surface area contributed by atoms with E-state index in [1.165, 1.54) is 22.8 Å². The van der Waals surface area contributed by atoms with Crippen LogP contribution in [0.25, 0.3) is 0 Å². The lowest BCUT2D eigenvalue weighted by atomic mass is 9.37. The molecule has 3 saturated carbocycles. The van der Waals surface area contributed by atoms with Gasteiger partial charge in [0.25, 0.3) is 0 Å². The van der Waals surface area contributed by atoms with Crippen molar-refractivity contribution in [2.75, 3.05) is 0 Å². The molecule has 2 bridgehead atoms. The fraction of sp³-hybridized carbons (Fsp3) is 0.292. The molecule has 2 aromatic carbocycles.